The lowest BCUT2D eigenvalue weighted by Gasteiger charge is -2.10. The molecule has 2 heterocycles. The number of aryl methyl sites for hydroxylation is 2. The van der Waals surface area contributed by atoms with Gasteiger partial charge in [-0.1, -0.05) is 35.9 Å². The number of amides is 1. The Kier molecular flexibility index (Phi) is 5.96. The minimum absolute atomic E-state index is 0.105. The van der Waals surface area contributed by atoms with E-state index in [0.717, 1.165) is 39.1 Å². The fourth-order valence-corrected chi connectivity index (χ4v) is 4.07. The van der Waals surface area contributed by atoms with Gasteiger partial charge in [-0.3, -0.25) is 4.79 Å². The average molecular weight is 423 g/mol. The van der Waals surface area contributed by atoms with Gasteiger partial charge in [0.15, 0.2) is 0 Å². The molecule has 4 rings (SSSR count). The predicted molar refractivity (Wildman–Crippen MR) is 129 cm³/mol. The summed E-state index contributed by atoms with van der Waals surface area (Å²) in [4.78, 5) is 15.9. The van der Waals surface area contributed by atoms with E-state index in [-0.39, 0.29) is 11.5 Å². The number of H-pyrrole nitrogens is 1. The van der Waals surface area contributed by atoms with Crippen LogP contribution in [0.2, 0.25) is 0 Å². The van der Waals surface area contributed by atoms with E-state index in [2.05, 4.69) is 58.2 Å². The summed E-state index contributed by atoms with van der Waals surface area (Å²) < 4.78 is 2.13. The molecule has 0 bridgehead atoms. The van der Waals surface area contributed by atoms with Gasteiger partial charge >= 0.3 is 0 Å². The van der Waals surface area contributed by atoms with Crippen LogP contribution in [0, 0.1) is 32.1 Å². The Morgan fingerprint density at radius 1 is 1.12 bits per heavy atom. The highest BCUT2D eigenvalue weighted by atomic mass is 16.1. The van der Waals surface area contributed by atoms with Gasteiger partial charge in [0.25, 0.3) is 5.91 Å². The zero-order valence-corrected chi connectivity index (χ0v) is 18.6. The minimum Gasteiger partial charge on any atom is -0.361 e. The van der Waals surface area contributed by atoms with Crippen molar-refractivity contribution in [3.05, 3.63) is 94.4 Å². The number of carbonyl (C=O) groups excluding carboxylic acids is 1. The summed E-state index contributed by atoms with van der Waals surface area (Å²) in [6, 6.07) is 20.4. The molecule has 2 aromatic carbocycles. The van der Waals surface area contributed by atoms with E-state index in [9.17, 15) is 10.1 Å². The molecule has 160 valence electrons. The molecule has 0 aliphatic rings. The predicted octanol–water partition coefficient (Wildman–Crippen LogP) is 5.15. The number of nitrogens with one attached hydrogen (secondary N) is 2. The van der Waals surface area contributed by atoms with Gasteiger partial charge in [-0.05, 0) is 68.7 Å². The largest absolute Gasteiger partial charge is 0.361 e. The normalized spacial score (nSPS) is 11.5. The lowest BCUT2D eigenvalue weighted by Crippen LogP contribution is -2.26. The molecule has 32 heavy (non-hydrogen) atoms. The highest BCUT2D eigenvalue weighted by molar-refractivity contribution is 6.01. The Labute approximate surface area is 188 Å². The van der Waals surface area contributed by atoms with Gasteiger partial charge in [-0.15, -0.1) is 0 Å². The van der Waals surface area contributed by atoms with E-state index in [4.69, 9.17) is 0 Å². The summed E-state index contributed by atoms with van der Waals surface area (Å²) in [6.45, 7) is 6.55. The van der Waals surface area contributed by atoms with E-state index < -0.39 is 0 Å². The second-order valence-electron chi connectivity index (χ2n) is 8.03. The summed E-state index contributed by atoms with van der Waals surface area (Å²) in [5, 5.41) is 13.6. The van der Waals surface area contributed by atoms with Crippen LogP contribution in [0.3, 0.4) is 0 Å². The van der Waals surface area contributed by atoms with Crippen LogP contribution in [-0.4, -0.2) is 22.0 Å². The number of nitrogens with zero attached hydrogens (tertiary/aromatic N) is 2. The third-order valence-corrected chi connectivity index (χ3v) is 5.78. The number of carbonyl (C=O) groups is 1. The molecule has 0 atom stereocenters. The first-order valence-electron chi connectivity index (χ1n) is 10.7. The van der Waals surface area contributed by atoms with Crippen molar-refractivity contribution in [1.82, 2.24) is 14.9 Å². The summed E-state index contributed by atoms with van der Waals surface area (Å²) in [5.74, 6) is -0.354. The maximum Gasteiger partial charge on any atom is 0.261 e. The Morgan fingerprint density at radius 3 is 2.62 bits per heavy atom. The lowest BCUT2D eigenvalue weighted by atomic mass is 10.1. The summed E-state index contributed by atoms with van der Waals surface area (Å²) in [7, 11) is 0. The van der Waals surface area contributed by atoms with Crippen molar-refractivity contribution < 1.29 is 4.79 Å². The molecule has 2 N–H and O–H groups in total. The van der Waals surface area contributed by atoms with E-state index in [1.807, 2.05) is 44.3 Å². The molecule has 0 saturated heterocycles. The summed E-state index contributed by atoms with van der Waals surface area (Å²) >= 11 is 0. The first-order chi connectivity index (χ1) is 15.5. The first-order valence-corrected chi connectivity index (χ1v) is 10.7. The number of nitriles is 1. The fourth-order valence-electron chi connectivity index (χ4n) is 4.07. The molecule has 0 saturated carbocycles. The van der Waals surface area contributed by atoms with Crippen LogP contribution in [0.25, 0.3) is 22.7 Å². The zero-order chi connectivity index (χ0) is 22.7. The Bertz CT molecular complexity index is 1350. The highest BCUT2D eigenvalue weighted by Crippen LogP contribution is 2.23. The Morgan fingerprint density at radius 2 is 1.88 bits per heavy atom. The molecule has 0 spiro atoms. The maximum atomic E-state index is 12.7. The second kappa shape index (κ2) is 8.99. The van der Waals surface area contributed by atoms with Crippen molar-refractivity contribution in [3.63, 3.8) is 0 Å². The number of rotatable bonds is 6. The Hall–Kier alpha value is -4.04. The monoisotopic (exact) mass is 422 g/mol. The van der Waals surface area contributed by atoms with Crippen molar-refractivity contribution in [2.45, 2.75) is 27.2 Å². The molecule has 4 aromatic rings. The van der Waals surface area contributed by atoms with Crippen molar-refractivity contribution in [2.75, 3.05) is 6.54 Å². The smallest absolute Gasteiger partial charge is 0.261 e. The molecule has 0 aliphatic heterocycles. The van der Waals surface area contributed by atoms with Crippen molar-refractivity contribution in [2.24, 2.45) is 0 Å². The number of aromatic nitrogens is 2. The van der Waals surface area contributed by atoms with Crippen LogP contribution in [0.4, 0.5) is 0 Å². The van der Waals surface area contributed by atoms with Gasteiger partial charge in [-0.2, -0.15) is 5.26 Å². The summed E-state index contributed by atoms with van der Waals surface area (Å²) in [6.07, 6.45) is 4.34. The lowest BCUT2D eigenvalue weighted by molar-refractivity contribution is -0.117. The van der Waals surface area contributed by atoms with Crippen LogP contribution < -0.4 is 5.32 Å². The molecular formula is C27H26N4O. The van der Waals surface area contributed by atoms with Crippen LogP contribution in [0.1, 0.15) is 28.1 Å². The van der Waals surface area contributed by atoms with Crippen LogP contribution in [-0.2, 0) is 11.2 Å². The number of hydrogen-bond acceptors (Lipinski definition) is 2. The molecule has 0 fully saturated rings. The van der Waals surface area contributed by atoms with Gasteiger partial charge in [-0.25, -0.2) is 0 Å². The van der Waals surface area contributed by atoms with Crippen LogP contribution >= 0.6 is 0 Å². The second-order valence-corrected chi connectivity index (χ2v) is 8.03. The van der Waals surface area contributed by atoms with Gasteiger partial charge < -0.3 is 14.9 Å². The maximum absolute atomic E-state index is 12.7. The van der Waals surface area contributed by atoms with E-state index >= 15 is 0 Å². The highest BCUT2D eigenvalue weighted by Gasteiger charge is 2.14. The number of para-hydroxylation sites is 1. The number of fused-ring (bicyclic) bond motifs is 1. The first kappa shape index (κ1) is 21.2. The molecule has 0 unspecified atom stereocenters. The molecule has 5 heteroatoms. The zero-order valence-electron chi connectivity index (χ0n) is 18.6. The van der Waals surface area contributed by atoms with Crippen LogP contribution in [0.5, 0.6) is 0 Å². The van der Waals surface area contributed by atoms with Gasteiger partial charge in [0, 0.05) is 40.7 Å². The molecule has 1 amide bonds. The molecular weight excluding hydrogens is 396 g/mol. The number of aromatic amines is 1. The SMILES string of the molecule is Cc1ccc(-n2c(C)cc(/C=C(\C#N)C(=O)NCCc3c[nH]c4ccccc34)c2C)cc1. The minimum atomic E-state index is -0.354. The number of hydrogen-bond donors (Lipinski definition) is 2. The van der Waals surface area contributed by atoms with Gasteiger partial charge in [0.2, 0.25) is 0 Å². The van der Waals surface area contributed by atoms with Gasteiger partial charge in [0.05, 0.1) is 0 Å². The summed E-state index contributed by atoms with van der Waals surface area (Å²) in [5.41, 5.74) is 7.50. The average Bonchev–Trinajstić information content (AvgIpc) is 3.33. The third-order valence-electron chi connectivity index (χ3n) is 5.78. The van der Waals surface area contributed by atoms with Crippen molar-refractivity contribution in [3.8, 4) is 11.8 Å². The topological polar surface area (TPSA) is 73.6 Å². The van der Waals surface area contributed by atoms with Crippen molar-refractivity contribution >= 4 is 22.9 Å². The van der Waals surface area contributed by atoms with Crippen molar-refractivity contribution in [1.29, 1.82) is 5.26 Å². The third kappa shape index (κ3) is 4.21. The standard InChI is InChI=1S/C27H26N4O/c1-18-8-10-24(11-9-18)31-19(2)14-22(20(31)3)15-23(16-28)27(32)29-13-12-21-17-30-26-7-5-4-6-25(21)26/h4-11,14-15,17,30H,12-13H2,1-3H3,(H,29,32)/b23-15+. The quantitative estimate of drug-likeness (QED) is 0.333. The molecule has 0 aliphatic carbocycles. The molecule has 5 nitrogen and oxygen atoms in total. The van der Waals surface area contributed by atoms with Gasteiger partial charge in [0.1, 0.15) is 11.6 Å². The Balaban J connectivity index is 1.49. The number of benzene rings is 2. The fraction of sp³-hybridized carbons (Fsp3) is 0.185. The molecule has 0 radical (unpaired) electrons. The van der Waals surface area contributed by atoms with E-state index in [1.165, 1.54) is 5.56 Å². The van der Waals surface area contributed by atoms with E-state index in [0.29, 0.717) is 13.0 Å². The van der Waals surface area contributed by atoms with Crippen LogP contribution in [0.15, 0.2) is 66.4 Å². The molecule has 2 aromatic heterocycles. The van der Waals surface area contributed by atoms with E-state index in [1.54, 1.807) is 6.08 Å².